The Balaban J connectivity index is 1.86. The Morgan fingerprint density at radius 1 is 0.920 bits per heavy atom. The number of ether oxygens (including phenoxy) is 2. The van der Waals surface area contributed by atoms with Gasteiger partial charge in [-0.1, -0.05) is 18.2 Å². The maximum Gasteiger partial charge on any atom is 0.261 e. The van der Waals surface area contributed by atoms with Gasteiger partial charge in [-0.25, -0.2) is 0 Å². The van der Waals surface area contributed by atoms with Crippen LogP contribution in [0.25, 0.3) is 0 Å². The highest BCUT2D eigenvalue weighted by Crippen LogP contribution is 2.18. The van der Waals surface area contributed by atoms with E-state index in [1.165, 1.54) is 0 Å². The van der Waals surface area contributed by atoms with Crippen molar-refractivity contribution in [1.82, 2.24) is 5.32 Å². The van der Waals surface area contributed by atoms with E-state index in [1.54, 1.807) is 6.92 Å². The molecule has 134 valence electrons. The van der Waals surface area contributed by atoms with Crippen molar-refractivity contribution < 1.29 is 14.3 Å². The average Bonchev–Trinajstić information content (AvgIpc) is 2.52. The molecular weight excluding hydrogens is 314 g/mol. The van der Waals surface area contributed by atoms with Crippen LogP contribution in [0.5, 0.6) is 11.5 Å². The van der Waals surface area contributed by atoms with Crippen LogP contribution in [0.2, 0.25) is 0 Å². The summed E-state index contributed by atoms with van der Waals surface area (Å²) in [7, 11) is 0. The summed E-state index contributed by atoms with van der Waals surface area (Å²) in [5.41, 5.74) is 3.25. The monoisotopic (exact) mass is 341 g/mol. The molecule has 2 rings (SSSR count). The summed E-state index contributed by atoms with van der Waals surface area (Å²) in [6.07, 6.45) is -0.404. The van der Waals surface area contributed by atoms with Crippen LogP contribution in [-0.2, 0) is 11.3 Å². The number of aryl methyl sites for hydroxylation is 2. The molecular formula is C21H27NO3. The first-order valence-electron chi connectivity index (χ1n) is 8.62. The minimum Gasteiger partial charge on any atom is -0.491 e. The second kappa shape index (κ2) is 8.56. The Kier molecular flexibility index (Phi) is 6.45. The van der Waals surface area contributed by atoms with E-state index in [2.05, 4.69) is 11.4 Å². The Morgan fingerprint density at radius 2 is 1.52 bits per heavy atom. The van der Waals surface area contributed by atoms with E-state index in [-0.39, 0.29) is 12.0 Å². The number of carbonyl (C=O) groups is 1. The summed E-state index contributed by atoms with van der Waals surface area (Å²) in [6, 6.07) is 13.7. The predicted octanol–water partition coefficient (Wildman–Crippen LogP) is 4.17. The molecule has 0 saturated carbocycles. The van der Waals surface area contributed by atoms with E-state index >= 15 is 0 Å². The lowest BCUT2D eigenvalue weighted by Gasteiger charge is -2.16. The molecule has 0 aliphatic heterocycles. The molecule has 0 unspecified atom stereocenters. The van der Waals surface area contributed by atoms with Crippen molar-refractivity contribution in [2.24, 2.45) is 0 Å². The van der Waals surface area contributed by atoms with Gasteiger partial charge >= 0.3 is 0 Å². The lowest BCUT2D eigenvalue weighted by atomic mass is 10.1. The summed E-state index contributed by atoms with van der Waals surface area (Å²) in [5, 5.41) is 2.90. The highest BCUT2D eigenvalue weighted by atomic mass is 16.5. The van der Waals surface area contributed by atoms with E-state index in [0.717, 1.165) is 28.2 Å². The molecule has 0 aliphatic carbocycles. The summed E-state index contributed by atoms with van der Waals surface area (Å²) in [5.74, 6) is 1.41. The van der Waals surface area contributed by atoms with Gasteiger partial charge in [-0.15, -0.1) is 0 Å². The van der Waals surface area contributed by atoms with Gasteiger partial charge in [-0.05, 0) is 75.6 Å². The maximum atomic E-state index is 12.2. The fourth-order valence-corrected chi connectivity index (χ4v) is 2.55. The van der Waals surface area contributed by atoms with Gasteiger partial charge in [0.25, 0.3) is 5.91 Å². The highest BCUT2D eigenvalue weighted by Gasteiger charge is 2.14. The number of hydrogen-bond acceptors (Lipinski definition) is 3. The van der Waals surface area contributed by atoms with Crippen LogP contribution in [0.1, 0.15) is 37.5 Å². The second-order valence-electron chi connectivity index (χ2n) is 6.61. The molecule has 0 radical (unpaired) electrons. The summed E-state index contributed by atoms with van der Waals surface area (Å²) < 4.78 is 11.4. The van der Waals surface area contributed by atoms with Gasteiger partial charge in [0.1, 0.15) is 11.5 Å². The van der Waals surface area contributed by atoms with Crippen LogP contribution in [0.15, 0.2) is 42.5 Å². The predicted molar refractivity (Wildman–Crippen MR) is 100 cm³/mol. The van der Waals surface area contributed by atoms with Crippen molar-refractivity contribution in [1.29, 1.82) is 0 Å². The molecule has 0 bridgehead atoms. The van der Waals surface area contributed by atoms with E-state index in [4.69, 9.17) is 9.47 Å². The van der Waals surface area contributed by atoms with Crippen LogP contribution in [0.3, 0.4) is 0 Å². The quantitative estimate of drug-likeness (QED) is 0.822. The fraction of sp³-hybridized carbons (Fsp3) is 0.381. The second-order valence-corrected chi connectivity index (χ2v) is 6.61. The molecule has 2 aromatic rings. The molecule has 0 aliphatic rings. The molecule has 0 heterocycles. The fourth-order valence-electron chi connectivity index (χ4n) is 2.55. The zero-order chi connectivity index (χ0) is 18.4. The number of nitrogens with one attached hydrogen (secondary N) is 1. The summed E-state index contributed by atoms with van der Waals surface area (Å²) in [6.45, 7) is 10.2. The van der Waals surface area contributed by atoms with Crippen LogP contribution in [0, 0.1) is 13.8 Å². The molecule has 0 saturated heterocycles. The largest absolute Gasteiger partial charge is 0.491 e. The SMILES string of the molecule is Cc1cc(C)cc(O[C@@H](C)C(=O)NCc2ccc(OC(C)C)cc2)c1. The summed E-state index contributed by atoms with van der Waals surface area (Å²) in [4.78, 5) is 12.2. The molecule has 1 amide bonds. The molecule has 0 spiro atoms. The maximum absolute atomic E-state index is 12.2. The minimum absolute atomic E-state index is 0.137. The average molecular weight is 341 g/mol. The summed E-state index contributed by atoms with van der Waals surface area (Å²) >= 11 is 0. The van der Waals surface area contributed by atoms with Crippen molar-refractivity contribution in [3.8, 4) is 11.5 Å². The number of hydrogen-bond donors (Lipinski definition) is 1. The third kappa shape index (κ3) is 6.14. The lowest BCUT2D eigenvalue weighted by molar-refractivity contribution is -0.127. The third-order valence-corrected chi connectivity index (χ3v) is 3.64. The molecule has 2 aromatic carbocycles. The van der Waals surface area contributed by atoms with Gasteiger partial charge in [0.15, 0.2) is 6.10 Å². The highest BCUT2D eigenvalue weighted by molar-refractivity contribution is 5.80. The van der Waals surface area contributed by atoms with Crippen molar-refractivity contribution in [3.05, 3.63) is 59.2 Å². The molecule has 4 heteroatoms. The van der Waals surface area contributed by atoms with Crippen LogP contribution in [-0.4, -0.2) is 18.1 Å². The van der Waals surface area contributed by atoms with Gasteiger partial charge in [0.2, 0.25) is 0 Å². The van der Waals surface area contributed by atoms with Crippen molar-refractivity contribution in [2.75, 3.05) is 0 Å². The van der Waals surface area contributed by atoms with E-state index in [1.807, 2.05) is 64.1 Å². The Hall–Kier alpha value is -2.49. The zero-order valence-electron chi connectivity index (χ0n) is 15.6. The standard InChI is InChI=1S/C21H27NO3/c1-14(2)24-19-8-6-18(7-9-19)13-22-21(23)17(5)25-20-11-15(3)10-16(4)12-20/h6-12,14,17H,13H2,1-5H3,(H,22,23)/t17-/m0/s1. The smallest absolute Gasteiger partial charge is 0.261 e. The first-order chi connectivity index (χ1) is 11.8. The third-order valence-electron chi connectivity index (χ3n) is 3.64. The van der Waals surface area contributed by atoms with Crippen molar-refractivity contribution in [3.63, 3.8) is 0 Å². The van der Waals surface area contributed by atoms with Crippen LogP contribution in [0.4, 0.5) is 0 Å². The van der Waals surface area contributed by atoms with Crippen LogP contribution < -0.4 is 14.8 Å². The minimum atomic E-state index is -0.551. The van der Waals surface area contributed by atoms with Crippen molar-refractivity contribution in [2.45, 2.75) is 53.4 Å². The Labute approximate surface area is 150 Å². The normalized spacial score (nSPS) is 11.9. The molecule has 1 atom stereocenters. The van der Waals surface area contributed by atoms with Crippen molar-refractivity contribution >= 4 is 5.91 Å². The molecule has 4 nitrogen and oxygen atoms in total. The number of benzene rings is 2. The zero-order valence-corrected chi connectivity index (χ0v) is 15.6. The Morgan fingerprint density at radius 3 is 2.08 bits per heavy atom. The first kappa shape index (κ1) is 18.8. The van der Waals surface area contributed by atoms with Gasteiger partial charge in [-0.3, -0.25) is 4.79 Å². The van der Waals surface area contributed by atoms with E-state index in [0.29, 0.717) is 6.54 Å². The van der Waals surface area contributed by atoms with Crippen LogP contribution >= 0.6 is 0 Å². The number of rotatable bonds is 7. The first-order valence-corrected chi connectivity index (χ1v) is 8.62. The molecule has 0 aromatic heterocycles. The van der Waals surface area contributed by atoms with E-state index in [9.17, 15) is 4.79 Å². The van der Waals surface area contributed by atoms with E-state index < -0.39 is 6.10 Å². The van der Waals surface area contributed by atoms with Gasteiger partial charge in [0, 0.05) is 6.54 Å². The topological polar surface area (TPSA) is 47.6 Å². The molecule has 1 N–H and O–H groups in total. The number of carbonyl (C=O) groups excluding carboxylic acids is 1. The van der Waals surface area contributed by atoms with Gasteiger partial charge in [0.05, 0.1) is 6.10 Å². The Bertz CT molecular complexity index is 687. The molecule has 0 fully saturated rings. The molecule has 25 heavy (non-hydrogen) atoms. The van der Waals surface area contributed by atoms with Gasteiger partial charge < -0.3 is 14.8 Å². The number of amides is 1. The van der Waals surface area contributed by atoms with Gasteiger partial charge in [-0.2, -0.15) is 0 Å². The lowest BCUT2D eigenvalue weighted by Crippen LogP contribution is -2.35.